The Morgan fingerprint density at radius 3 is 2.64 bits per heavy atom. The number of rotatable bonds is 5. The molecule has 0 saturated heterocycles. The van der Waals surface area contributed by atoms with Gasteiger partial charge in [-0.05, 0) is 24.3 Å². The number of fused-ring (bicyclic) bond motifs is 1. The number of carbonyl (C=O) groups is 1. The van der Waals surface area contributed by atoms with Gasteiger partial charge in [0, 0.05) is 24.1 Å². The molecule has 0 aliphatic heterocycles. The minimum atomic E-state index is -3.35. The predicted molar refractivity (Wildman–Crippen MR) is 99.1 cm³/mol. The number of imidazole rings is 1. The van der Waals surface area contributed by atoms with Gasteiger partial charge in [-0.15, -0.1) is 0 Å². The van der Waals surface area contributed by atoms with E-state index in [1.807, 2.05) is 41.9 Å². The van der Waals surface area contributed by atoms with Gasteiger partial charge in [0.15, 0.2) is 9.84 Å². The summed E-state index contributed by atoms with van der Waals surface area (Å²) in [6.45, 7) is 1.52. The molecule has 1 aromatic heterocycles. The third-order valence-corrected chi connectivity index (χ3v) is 5.56. The van der Waals surface area contributed by atoms with Crippen molar-refractivity contribution >= 4 is 32.5 Å². The van der Waals surface area contributed by atoms with Crippen molar-refractivity contribution < 1.29 is 13.2 Å². The van der Waals surface area contributed by atoms with Crippen molar-refractivity contribution in [2.45, 2.75) is 6.92 Å². The average molecular weight is 357 g/mol. The zero-order valence-electron chi connectivity index (χ0n) is 14.1. The molecule has 3 aromatic rings. The summed E-state index contributed by atoms with van der Waals surface area (Å²) in [6, 6.07) is 15.0. The molecule has 1 N–H and O–H groups in total. The van der Waals surface area contributed by atoms with Crippen LogP contribution in [-0.2, 0) is 21.7 Å². The number of para-hydroxylation sites is 2. The van der Waals surface area contributed by atoms with Gasteiger partial charge in [0.25, 0.3) is 0 Å². The molecule has 25 heavy (non-hydrogen) atoms. The molecule has 0 bridgehead atoms. The molecule has 0 saturated carbocycles. The van der Waals surface area contributed by atoms with E-state index in [4.69, 9.17) is 0 Å². The second-order valence-corrected chi connectivity index (χ2v) is 8.14. The van der Waals surface area contributed by atoms with Crippen LogP contribution in [0.25, 0.3) is 22.4 Å². The van der Waals surface area contributed by atoms with Crippen molar-refractivity contribution in [2.24, 2.45) is 7.05 Å². The molecule has 1 heterocycles. The first-order chi connectivity index (χ1) is 11.9. The summed E-state index contributed by atoms with van der Waals surface area (Å²) < 4.78 is 25.1. The van der Waals surface area contributed by atoms with Crippen LogP contribution in [0.5, 0.6) is 0 Å². The largest absolute Gasteiger partial charge is 0.327 e. The van der Waals surface area contributed by atoms with Gasteiger partial charge in [0.2, 0.25) is 5.91 Å². The Hall–Kier alpha value is -2.67. The lowest BCUT2D eigenvalue weighted by Crippen LogP contribution is -2.23. The topological polar surface area (TPSA) is 81.1 Å². The normalized spacial score (nSPS) is 11.6. The van der Waals surface area contributed by atoms with Crippen LogP contribution in [-0.4, -0.2) is 35.4 Å². The van der Waals surface area contributed by atoms with E-state index < -0.39 is 21.5 Å². The number of nitrogens with one attached hydrogen (secondary N) is 1. The van der Waals surface area contributed by atoms with E-state index in [9.17, 15) is 13.2 Å². The van der Waals surface area contributed by atoms with Crippen molar-refractivity contribution in [2.75, 3.05) is 16.8 Å². The molecule has 130 valence electrons. The van der Waals surface area contributed by atoms with E-state index >= 15 is 0 Å². The molecule has 3 rings (SSSR count). The number of aromatic nitrogens is 2. The number of amides is 1. The molecule has 7 heteroatoms. The van der Waals surface area contributed by atoms with Gasteiger partial charge < -0.3 is 9.88 Å². The molecule has 2 aromatic carbocycles. The number of aryl methyl sites for hydroxylation is 1. The molecular formula is C18H19N3O3S. The van der Waals surface area contributed by atoms with E-state index in [0.717, 1.165) is 22.4 Å². The standard InChI is InChI=1S/C18H19N3O3S/c1-3-25(23,24)12-17(22)19-14-8-6-7-13(11-14)18-20-15-9-4-5-10-16(15)21(18)2/h4-11H,3,12H2,1-2H3,(H,19,22). The first-order valence-electron chi connectivity index (χ1n) is 7.92. The molecule has 6 nitrogen and oxygen atoms in total. The minimum Gasteiger partial charge on any atom is -0.327 e. The van der Waals surface area contributed by atoms with Crippen LogP contribution in [0.15, 0.2) is 48.5 Å². The fraction of sp³-hybridized carbons (Fsp3) is 0.222. The summed E-state index contributed by atoms with van der Waals surface area (Å²) in [5.41, 5.74) is 3.29. The van der Waals surface area contributed by atoms with Crippen LogP contribution in [0.2, 0.25) is 0 Å². The van der Waals surface area contributed by atoms with Gasteiger partial charge in [-0.2, -0.15) is 0 Å². The van der Waals surface area contributed by atoms with Crippen LogP contribution < -0.4 is 5.32 Å². The zero-order valence-corrected chi connectivity index (χ0v) is 14.9. The fourth-order valence-electron chi connectivity index (χ4n) is 2.64. The summed E-state index contributed by atoms with van der Waals surface area (Å²) in [5.74, 6) is -0.331. The summed E-state index contributed by atoms with van der Waals surface area (Å²) in [5, 5.41) is 2.64. The van der Waals surface area contributed by atoms with Gasteiger partial charge in [-0.1, -0.05) is 31.2 Å². The van der Waals surface area contributed by atoms with E-state index in [1.54, 1.807) is 18.2 Å². The van der Waals surface area contributed by atoms with Crippen LogP contribution in [0.3, 0.4) is 0 Å². The Kier molecular flexibility index (Phi) is 4.59. The van der Waals surface area contributed by atoms with Crippen molar-refractivity contribution in [1.82, 2.24) is 9.55 Å². The van der Waals surface area contributed by atoms with Crippen molar-refractivity contribution in [3.63, 3.8) is 0 Å². The predicted octanol–water partition coefficient (Wildman–Crippen LogP) is 2.61. The van der Waals surface area contributed by atoms with E-state index in [-0.39, 0.29) is 5.75 Å². The molecule has 0 aliphatic carbocycles. The first kappa shape index (κ1) is 17.2. The van der Waals surface area contributed by atoms with Crippen molar-refractivity contribution in [3.05, 3.63) is 48.5 Å². The molecular weight excluding hydrogens is 338 g/mol. The summed E-state index contributed by atoms with van der Waals surface area (Å²) >= 11 is 0. The summed E-state index contributed by atoms with van der Waals surface area (Å²) in [4.78, 5) is 16.6. The van der Waals surface area contributed by atoms with Crippen LogP contribution in [0.1, 0.15) is 6.92 Å². The van der Waals surface area contributed by atoms with Crippen molar-refractivity contribution in [3.8, 4) is 11.4 Å². The number of nitrogens with zero attached hydrogens (tertiary/aromatic N) is 2. The lowest BCUT2D eigenvalue weighted by atomic mass is 10.2. The highest BCUT2D eigenvalue weighted by atomic mass is 32.2. The number of carbonyl (C=O) groups excluding carboxylic acids is 1. The van der Waals surface area contributed by atoms with Crippen LogP contribution in [0, 0.1) is 0 Å². The molecule has 1 amide bonds. The lowest BCUT2D eigenvalue weighted by Gasteiger charge is -2.08. The van der Waals surface area contributed by atoms with Gasteiger partial charge in [-0.25, -0.2) is 13.4 Å². The van der Waals surface area contributed by atoms with Gasteiger partial charge in [0.05, 0.1) is 11.0 Å². The Balaban J connectivity index is 1.88. The highest BCUT2D eigenvalue weighted by Crippen LogP contribution is 2.25. The van der Waals surface area contributed by atoms with Crippen LogP contribution in [0.4, 0.5) is 5.69 Å². The maximum atomic E-state index is 11.9. The Labute approximate surface area is 146 Å². The Bertz CT molecular complexity index is 1040. The molecule has 0 aliphatic rings. The summed E-state index contributed by atoms with van der Waals surface area (Å²) in [7, 11) is -1.42. The minimum absolute atomic E-state index is 0.0552. The summed E-state index contributed by atoms with van der Waals surface area (Å²) in [6.07, 6.45) is 0. The molecule has 0 atom stereocenters. The molecule has 0 fully saturated rings. The number of hydrogen-bond acceptors (Lipinski definition) is 4. The second kappa shape index (κ2) is 6.68. The van der Waals surface area contributed by atoms with E-state index in [2.05, 4.69) is 10.3 Å². The molecule has 0 radical (unpaired) electrons. The highest BCUT2D eigenvalue weighted by Gasteiger charge is 2.15. The van der Waals surface area contributed by atoms with E-state index in [0.29, 0.717) is 5.69 Å². The average Bonchev–Trinajstić information content (AvgIpc) is 2.92. The second-order valence-electron chi connectivity index (χ2n) is 5.79. The zero-order chi connectivity index (χ0) is 18.0. The maximum absolute atomic E-state index is 11.9. The SMILES string of the molecule is CCS(=O)(=O)CC(=O)Nc1cccc(-c2nc3ccccc3n2C)c1. The van der Waals surface area contributed by atoms with Gasteiger partial charge in [0.1, 0.15) is 11.6 Å². The molecule has 0 spiro atoms. The Morgan fingerprint density at radius 1 is 1.16 bits per heavy atom. The number of anilines is 1. The van der Waals surface area contributed by atoms with Crippen molar-refractivity contribution in [1.29, 1.82) is 0 Å². The smallest absolute Gasteiger partial charge is 0.239 e. The van der Waals surface area contributed by atoms with E-state index in [1.165, 1.54) is 6.92 Å². The van der Waals surface area contributed by atoms with Gasteiger partial charge >= 0.3 is 0 Å². The third-order valence-electron chi connectivity index (χ3n) is 3.98. The molecule has 0 unspecified atom stereocenters. The lowest BCUT2D eigenvalue weighted by molar-refractivity contribution is -0.113. The number of sulfone groups is 1. The highest BCUT2D eigenvalue weighted by molar-refractivity contribution is 7.92. The van der Waals surface area contributed by atoms with Gasteiger partial charge in [-0.3, -0.25) is 4.79 Å². The third kappa shape index (κ3) is 3.71. The quantitative estimate of drug-likeness (QED) is 0.761. The monoisotopic (exact) mass is 357 g/mol. The maximum Gasteiger partial charge on any atom is 0.239 e. The fourth-order valence-corrected chi connectivity index (χ4v) is 3.31. The Morgan fingerprint density at radius 2 is 1.92 bits per heavy atom. The first-order valence-corrected chi connectivity index (χ1v) is 9.74. The number of hydrogen-bond donors (Lipinski definition) is 1. The number of benzene rings is 2. The van der Waals surface area contributed by atoms with Crippen LogP contribution >= 0.6 is 0 Å².